The Morgan fingerprint density at radius 1 is 0.966 bits per heavy atom. The number of hydrogen-bond donors (Lipinski definition) is 1. The van der Waals surface area contributed by atoms with Gasteiger partial charge in [0, 0.05) is 50.3 Å². The number of aryl methyl sites for hydroxylation is 2. The fourth-order valence-electron chi connectivity index (χ4n) is 3.36. The van der Waals surface area contributed by atoms with E-state index in [1.165, 1.54) is 11.9 Å². The van der Waals surface area contributed by atoms with Gasteiger partial charge in [-0.1, -0.05) is 17.7 Å². The van der Waals surface area contributed by atoms with E-state index in [1.54, 1.807) is 24.5 Å². The summed E-state index contributed by atoms with van der Waals surface area (Å²) in [5.41, 5.74) is 3.67. The molecule has 0 radical (unpaired) electrons. The maximum absolute atomic E-state index is 12.9. The maximum Gasteiger partial charge on any atom is 0.272 e. The standard InChI is InChI=1S/C21H23N7O/c1-15-4-5-17(16(2)12-15)26-19-13-18(24-14-25-19)20(29)27-8-10-28(11-9-27)21-22-6-3-7-23-21/h3-7,12-14H,8-11H2,1-2H3,(H,24,25,26). The van der Waals surface area contributed by atoms with Crippen molar-refractivity contribution in [2.45, 2.75) is 13.8 Å². The van der Waals surface area contributed by atoms with Crippen LogP contribution in [0.4, 0.5) is 17.5 Å². The molecule has 0 atom stereocenters. The molecule has 1 amide bonds. The Hall–Kier alpha value is -3.55. The van der Waals surface area contributed by atoms with Crippen molar-refractivity contribution < 1.29 is 4.79 Å². The van der Waals surface area contributed by atoms with Crippen LogP contribution in [0.15, 0.2) is 49.1 Å². The van der Waals surface area contributed by atoms with Gasteiger partial charge in [-0.15, -0.1) is 0 Å². The lowest BCUT2D eigenvalue weighted by atomic mass is 10.1. The lowest BCUT2D eigenvalue weighted by Crippen LogP contribution is -2.49. The minimum absolute atomic E-state index is 0.0929. The number of piperazine rings is 1. The van der Waals surface area contributed by atoms with E-state index in [4.69, 9.17) is 0 Å². The van der Waals surface area contributed by atoms with Gasteiger partial charge in [0.05, 0.1) is 0 Å². The minimum Gasteiger partial charge on any atom is -0.340 e. The van der Waals surface area contributed by atoms with E-state index in [0.717, 1.165) is 11.3 Å². The normalized spacial score (nSPS) is 14.0. The van der Waals surface area contributed by atoms with E-state index in [2.05, 4.69) is 43.1 Å². The van der Waals surface area contributed by atoms with Crippen LogP contribution in [0.25, 0.3) is 0 Å². The van der Waals surface area contributed by atoms with Crippen molar-refractivity contribution in [3.63, 3.8) is 0 Å². The molecule has 0 aliphatic carbocycles. The molecule has 0 saturated carbocycles. The summed E-state index contributed by atoms with van der Waals surface area (Å²) in [7, 11) is 0. The van der Waals surface area contributed by atoms with Crippen molar-refractivity contribution in [2.24, 2.45) is 0 Å². The highest BCUT2D eigenvalue weighted by Crippen LogP contribution is 2.21. The summed E-state index contributed by atoms with van der Waals surface area (Å²) in [5, 5.41) is 3.28. The first-order valence-corrected chi connectivity index (χ1v) is 9.58. The van der Waals surface area contributed by atoms with Crippen molar-refractivity contribution >= 4 is 23.4 Å². The second-order valence-corrected chi connectivity index (χ2v) is 7.06. The van der Waals surface area contributed by atoms with E-state index in [0.29, 0.717) is 43.6 Å². The zero-order valence-electron chi connectivity index (χ0n) is 16.5. The molecule has 1 fully saturated rings. The van der Waals surface area contributed by atoms with Gasteiger partial charge in [-0.25, -0.2) is 19.9 Å². The zero-order valence-corrected chi connectivity index (χ0v) is 16.5. The molecular weight excluding hydrogens is 366 g/mol. The molecule has 3 heterocycles. The largest absolute Gasteiger partial charge is 0.340 e. The van der Waals surface area contributed by atoms with E-state index >= 15 is 0 Å². The van der Waals surface area contributed by atoms with Crippen molar-refractivity contribution in [1.29, 1.82) is 0 Å². The third kappa shape index (κ3) is 4.31. The van der Waals surface area contributed by atoms with Gasteiger partial charge in [-0.2, -0.15) is 0 Å². The van der Waals surface area contributed by atoms with E-state index in [-0.39, 0.29) is 5.91 Å². The van der Waals surface area contributed by atoms with Crippen LogP contribution >= 0.6 is 0 Å². The average Bonchev–Trinajstić information content (AvgIpc) is 2.76. The van der Waals surface area contributed by atoms with E-state index in [9.17, 15) is 4.79 Å². The Bertz CT molecular complexity index is 1000. The van der Waals surface area contributed by atoms with Crippen LogP contribution in [0.5, 0.6) is 0 Å². The molecule has 0 bridgehead atoms. The molecule has 8 nitrogen and oxygen atoms in total. The molecule has 0 unspecified atom stereocenters. The summed E-state index contributed by atoms with van der Waals surface area (Å²) >= 11 is 0. The summed E-state index contributed by atoms with van der Waals surface area (Å²) in [6.45, 7) is 6.67. The number of carbonyl (C=O) groups excluding carboxylic acids is 1. The number of amides is 1. The van der Waals surface area contributed by atoms with Crippen LogP contribution in [0.3, 0.4) is 0 Å². The van der Waals surface area contributed by atoms with Crippen LogP contribution in [0.2, 0.25) is 0 Å². The molecule has 0 spiro atoms. The van der Waals surface area contributed by atoms with Crippen LogP contribution in [-0.4, -0.2) is 56.9 Å². The second-order valence-electron chi connectivity index (χ2n) is 7.06. The molecule has 1 aliphatic heterocycles. The fourth-order valence-corrected chi connectivity index (χ4v) is 3.36. The Morgan fingerprint density at radius 2 is 1.72 bits per heavy atom. The number of rotatable bonds is 4. The first-order chi connectivity index (χ1) is 14.1. The third-order valence-corrected chi connectivity index (χ3v) is 4.93. The van der Waals surface area contributed by atoms with Gasteiger partial charge in [-0.3, -0.25) is 4.79 Å². The highest BCUT2D eigenvalue weighted by atomic mass is 16.2. The summed E-state index contributed by atoms with van der Waals surface area (Å²) in [6, 6.07) is 9.65. The molecule has 8 heteroatoms. The molecule has 1 N–H and O–H groups in total. The van der Waals surface area contributed by atoms with E-state index in [1.807, 2.05) is 24.0 Å². The van der Waals surface area contributed by atoms with Crippen molar-refractivity contribution in [3.05, 3.63) is 65.9 Å². The Morgan fingerprint density at radius 3 is 2.45 bits per heavy atom. The van der Waals surface area contributed by atoms with Gasteiger partial charge in [0.1, 0.15) is 17.8 Å². The first kappa shape index (κ1) is 18.8. The van der Waals surface area contributed by atoms with Gasteiger partial charge in [0.15, 0.2) is 0 Å². The van der Waals surface area contributed by atoms with Crippen molar-refractivity contribution in [3.8, 4) is 0 Å². The quantitative estimate of drug-likeness (QED) is 0.734. The van der Waals surface area contributed by atoms with Crippen molar-refractivity contribution in [2.75, 3.05) is 36.4 Å². The predicted molar refractivity (Wildman–Crippen MR) is 111 cm³/mol. The zero-order chi connectivity index (χ0) is 20.2. The SMILES string of the molecule is Cc1ccc(Nc2cc(C(=O)N3CCN(c4ncccn4)CC3)ncn2)c(C)c1. The van der Waals surface area contributed by atoms with Crippen LogP contribution < -0.4 is 10.2 Å². The molecular formula is C21H23N7O. The lowest BCUT2D eigenvalue weighted by molar-refractivity contribution is 0.0740. The number of aromatic nitrogens is 4. The molecule has 1 saturated heterocycles. The van der Waals surface area contributed by atoms with Gasteiger partial charge < -0.3 is 15.1 Å². The molecule has 4 rings (SSSR count). The fraction of sp³-hybridized carbons (Fsp3) is 0.286. The Kier molecular flexibility index (Phi) is 5.33. The third-order valence-electron chi connectivity index (χ3n) is 4.93. The Balaban J connectivity index is 1.42. The first-order valence-electron chi connectivity index (χ1n) is 9.58. The molecule has 1 aromatic carbocycles. The second kappa shape index (κ2) is 8.22. The monoisotopic (exact) mass is 389 g/mol. The smallest absolute Gasteiger partial charge is 0.272 e. The lowest BCUT2D eigenvalue weighted by Gasteiger charge is -2.34. The van der Waals surface area contributed by atoms with Crippen LogP contribution in [0.1, 0.15) is 21.6 Å². The minimum atomic E-state index is -0.0929. The number of nitrogens with zero attached hydrogens (tertiary/aromatic N) is 6. The number of hydrogen-bond acceptors (Lipinski definition) is 7. The number of carbonyl (C=O) groups is 1. The summed E-state index contributed by atoms with van der Waals surface area (Å²) in [5.74, 6) is 1.21. The van der Waals surface area contributed by atoms with E-state index < -0.39 is 0 Å². The van der Waals surface area contributed by atoms with Crippen molar-refractivity contribution in [1.82, 2.24) is 24.8 Å². The highest BCUT2D eigenvalue weighted by Gasteiger charge is 2.24. The Labute approximate surface area is 169 Å². The van der Waals surface area contributed by atoms with Gasteiger partial charge >= 0.3 is 0 Å². The summed E-state index contributed by atoms with van der Waals surface area (Å²) in [6.07, 6.45) is 4.88. The van der Waals surface area contributed by atoms with Gasteiger partial charge in [0.2, 0.25) is 5.95 Å². The number of anilines is 3. The topological polar surface area (TPSA) is 87.1 Å². The van der Waals surface area contributed by atoms with Gasteiger partial charge in [-0.05, 0) is 31.5 Å². The molecule has 148 valence electrons. The molecule has 29 heavy (non-hydrogen) atoms. The van der Waals surface area contributed by atoms with Gasteiger partial charge in [0.25, 0.3) is 5.91 Å². The number of benzene rings is 1. The maximum atomic E-state index is 12.9. The summed E-state index contributed by atoms with van der Waals surface area (Å²) in [4.78, 5) is 33.8. The molecule has 1 aliphatic rings. The number of nitrogens with one attached hydrogen (secondary N) is 1. The van der Waals surface area contributed by atoms with Crippen LogP contribution in [-0.2, 0) is 0 Å². The molecule has 2 aromatic heterocycles. The average molecular weight is 389 g/mol. The molecule has 3 aromatic rings. The van der Waals surface area contributed by atoms with Crippen LogP contribution in [0, 0.1) is 13.8 Å². The highest BCUT2D eigenvalue weighted by molar-refractivity contribution is 5.93. The predicted octanol–water partition coefficient (Wildman–Crippen LogP) is 2.59. The summed E-state index contributed by atoms with van der Waals surface area (Å²) < 4.78 is 0.